The normalized spacial score (nSPS) is 10.5. The molecule has 4 nitrogen and oxygen atoms in total. The smallest absolute Gasteiger partial charge is 0.116 e. The average Bonchev–Trinajstić information content (AvgIpc) is 2.72. The second-order valence-corrected chi connectivity index (χ2v) is 4.44. The van der Waals surface area contributed by atoms with Crippen LogP contribution in [0.25, 0.3) is 11.3 Å². The van der Waals surface area contributed by atoms with Crippen molar-refractivity contribution in [1.29, 1.82) is 0 Å². The highest BCUT2D eigenvalue weighted by Gasteiger charge is 2.13. The summed E-state index contributed by atoms with van der Waals surface area (Å²) in [5.41, 5.74) is 2.37. The van der Waals surface area contributed by atoms with Crippen LogP contribution in [0.1, 0.15) is 5.69 Å². The molecular formula is C12H12BrN3O. The van der Waals surface area contributed by atoms with Crippen molar-refractivity contribution in [3.8, 4) is 11.3 Å². The fourth-order valence-electron chi connectivity index (χ4n) is 1.66. The first-order valence-corrected chi connectivity index (χ1v) is 5.95. The van der Waals surface area contributed by atoms with Crippen LogP contribution in [0.4, 0.5) is 0 Å². The van der Waals surface area contributed by atoms with Gasteiger partial charge in [-0.25, -0.2) is 4.68 Å². The van der Waals surface area contributed by atoms with Crippen molar-refractivity contribution < 1.29 is 5.11 Å². The van der Waals surface area contributed by atoms with E-state index in [0.29, 0.717) is 12.2 Å². The largest absolute Gasteiger partial charge is 0.390 e. The lowest BCUT2D eigenvalue weighted by molar-refractivity contribution is 0.277. The summed E-state index contributed by atoms with van der Waals surface area (Å²) in [6.45, 7) is 4.12. The Labute approximate surface area is 108 Å². The van der Waals surface area contributed by atoms with E-state index in [-0.39, 0.29) is 6.61 Å². The molecule has 1 heterocycles. The Hall–Kier alpha value is -1.46. The van der Waals surface area contributed by atoms with Gasteiger partial charge in [-0.3, -0.25) is 0 Å². The molecule has 88 valence electrons. The molecule has 1 aromatic carbocycles. The van der Waals surface area contributed by atoms with E-state index in [1.54, 1.807) is 10.8 Å². The number of aliphatic hydroxyl groups excluding tert-OH is 1. The second kappa shape index (κ2) is 5.25. The molecule has 1 N–H and O–H groups in total. The topological polar surface area (TPSA) is 50.9 Å². The van der Waals surface area contributed by atoms with E-state index < -0.39 is 0 Å². The Bertz CT molecular complexity index is 536. The number of hydrogen-bond acceptors (Lipinski definition) is 3. The Morgan fingerprint density at radius 1 is 1.47 bits per heavy atom. The van der Waals surface area contributed by atoms with Gasteiger partial charge in [-0.1, -0.05) is 39.4 Å². The van der Waals surface area contributed by atoms with Crippen molar-refractivity contribution in [1.82, 2.24) is 15.0 Å². The lowest BCUT2D eigenvalue weighted by Crippen LogP contribution is -2.01. The zero-order valence-corrected chi connectivity index (χ0v) is 10.8. The number of hydrogen-bond donors (Lipinski definition) is 1. The Balaban J connectivity index is 2.55. The van der Waals surface area contributed by atoms with E-state index in [2.05, 4.69) is 32.8 Å². The predicted octanol–water partition coefficient (Wildman–Crippen LogP) is 2.39. The Morgan fingerprint density at radius 3 is 2.94 bits per heavy atom. The molecule has 2 aromatic rings. The molecule has 0 radical (unpaired) electrons. The van der Waals surface area contributed by atoms with E-state index in [4.69, 9.17) is 0 Å². The summed E-state index contributed by atoms with van der Waals surface area (Å²) in [6.07, 6.45) is 1.75. The Kier molecular flexibility index (Phi) is 3.71. The van der Waals surface area contributed by atoms with E-state index in [9.17, 15) is 5.11 Å². The third-order valence-corrected chi connectivity index (χ3v) is 2.85. The van der Waals surface area contributed by atoms with Gasteiger partial charge in [0.2, 0.25) is 0 Å². The maximum absolute atomic E-state index is 9.28. The van der Waals surface area contributed by atoms with Gasteiger partial charge in [-0.2, -0.15) is 0 Å². The molecule has 0 spiro atoms. The van der Waals surface area contributed by atoms with Gasteiger partial charge >= 0.3 is 0 Å². The summed E-state index contributed by atoms with van der Waals surface area (Å²) in [5.74, 6) is 0. The number of allylic oxidation sites excluding steroid dienone is 1. The molecule has 0 fully saturated rings. The number of nitrogens with zero attached hydrogens (tertiary/aromatic N) is 3. The fraction of sp³-hybridized carbons (Fsp3) is 0.167. The molecule has 0 unspecified atom stereocenters. The maximum atomic E-state index is 9.28. The summed E-state index contributed by atoms with van der Waals surface area (Å²) in [5, 5.41) is 17.2. The summed E-state index contributed by atoms with van der Waals surface area (Å²) < 4.78 is 2.70. The molecule has 0 aliphatic heterocycles. The van der Waals surface area contributed by atoms with Gasteiger partial charge in [0.05, 0.1) is 18.8 Å². The molecule has 0 atom stereocenters. The molecule has 17 heavy (non-hydrogen) atoms. The van der Waals surface area contributed by atoms with Crippen molar-refractivity contribution in [2.75, 3.05) is 0 Å². The molecule has 1 aromatic heterocycles. The van der Waals surface area contributed by atoms with Crippen molar-refractivity contribution in [3.05, 3.63) is 47.1 Å². The minimum Gasteiger partial charge on any atom is -0.390 e. The first-order chi connectivity index (χ1) is 8.26. The molecule has 5 heteroatoms. The third kappa shape index (κ3) is 2.45. The number of rotatable bonds is 4. The van der Waals surface area contributed by atoms with Gasteiger partial charge in [0.1, 0.15) is 5.69 Å². The molecule has 0 aliphatic rings. The number of benzene rings is 1. The third-order valence-electron chi connectivity index (χ3n) is 2.35. The van der Waals surface area contributed by atoms with Crippen LogP contribution in [0.15, 0.2) is 41.4 Å². The minimum atomic E-state index is -0.126. The monoisotopic (exact) mass is 293 g/mol. The van der Waals surface area contributed by atoms with Gasteiger partial charge in [0.15, 0.2) is 0 Å². The zero-order valence-electron chi connectivity index (χ0n) is 9.17. The minimum absolute atomic E-state index is 0.126. The SMILES string of the molecule is C=CCn1nnc(CO)c1-c1cccc(Br)c1. The summed E-state index contributed by atoms with van der Waals surface area (Å²) in [4.78, 5) is 0. The first kappa shape index (κ1) is 12.0. The van der Waals surface area contributed by atoms with Crippen LogP contribution in [-0.2, 0) is 13.2 Å². The highest BCUT2D eigenvalue weighted by molar-refractivity contribution is 9.10. The lowest BCUT2D eigenvalue weighted by atomic mass is 10.1. The van der Waals surface area contributed by atoms with E-state index in [0.717, 1.165) is 15.7 Å². The van der Waals surface area contributed by atoms with Crippen LogP contribution < -0.4 is 0 Å². The van der Waals surface area contributed by atoms with Crippen molar-refractivity contribution >= 4 is 15.9 Å². The van der Waals surface area contributed by atoms with E-state index in [1.807, 2.05) is 24.3 Å². The van der Waals surface area contributed by atoms with Gasteiger partial charge in [-0.15, -0.1) is 11.7 Å². The van der Waals surface area contributed by atoms with Gasteiger partial charge < -0.3 is 5.11 Å². The fourth-order valence-corrected chi connectivity index (χ4v) is 2.06. The molecule has 0 saturated carbocycles. The van der Waals surface area contributed by atoms with Crippen LogP contribution in [0, 0.1) is 0 Å². The highest BCUT2D eigenvalue weighted by Crippen LogP contribution is 2.25. The van der Waals surface area contributed by atoms with Gasteiger partial charge in [0, 0.05) is 10.0 Å². The van der Waals surface area contributed by atoms with Crippen LogP contribution in [0.2, 0.25) is 0 Å². The van der Waals surface area contributed by atoms with Crippen molar-refractivity contribution in [3.63, 3.8) is 0 Å². The zero-order chi connectivity index (χ0) is 12.3. The maximum Gasteiger partial charge on any atom is 0.116 e. The summed E-state index contributed by atoms with van der Waals surface area (Å²) in [6, 6.07) is 7.81. The predicted molar refractivity (Wildman–Crippen MR) is 69.3 cm³/mol. The molecule has 0 aliphatic carbocycles. The quantitative estimate of drug-likeness (QED) is 0.881. The number of aliphatic hydroxyl groups is 1. The van der Waals surface area contributed by atoms with Crippen molar-refractivity contribution in [2.24, 2.45) is 0 Å². The number of halogens is 1. The molecule has 0 bridgehead atoms. The molecule has 2 rings (SSSR count). The van der Waals surface area contributed by atoms with E-state index in [1.165, 1.54) is 0 Å². The van der Waals surface area contributed by atoms with E-state index >= 15 is 0 Å². The second-order valence-electron chi connectivity index (χ2n) is 3.52. The van der Waals surface area contributed by atoms with Crippen LogP contribution in [0.3, 0.4) is 0 Å². The molecule has 0 saturated heterocycles. The van der Waals surface area contributed by atoms with Gasteiger partial charge in [-0.05, 0) is 12.1 Å². The summed E-state index contributed by atoms with van der Waals surface area (Å²) in [7, 11) is 0. The Morgan fingerprint density at radius 2 is 2.29 bits per heavy atom. The standard InChI is InChI=1S/C12H12BrN3O/c1-2-6-16-12(11(8-17)14-15-16)9-4-3-5-10(13)7-9/h2-5,7,17H,1,6,8H2. The van der Waals surface area contributed by atoms with Crippen LogP contribution >= 0.6 is 15.9 Å². The van der Waals surface area contributed by atoms with Crippen LogP contribution in [0.5, 0.6) is 0 Å². The van der Waals surface area contributed by atoms with Crippen LogP contribution in [-0.4, -0.2) is 20.1 Å². The van der Waals surface area contributed by atoms with Crippen molar-refractivity contribution in [2.45, 2.75) is 13.2 Å². The molecular weight excluding hydrogens is 282 g/mol. The highest BCUT2D eigenvalue weighted by atomic mass is 79.9. The average molecular weight is 294 g/mol. The van der Waals surface area contributed by atoms with Gasteiger partial charge in [0.25, 0.3) is 0 Å². The number of aromatic nitrogens is 3. The first-order valence-electron chi connectivity index (χ1n) is 5.16. The summed E-state index contributed by atoms with van der Waals surface area (Å²) >= 11 is 3.43. The lowest BCUT2D eigenvalue weighted by Gasteiger charge is -2.06. The molecule has 0 amide bonds.